The van der Waals surface area contributed by atoms with E-state index in [4.69, 9.17) is 4.74 Å². The minimum Gasteiger partial charge on any atom is -0.447 e. The van der Waals surface area contributed by atoms with Crippen molar-refractivity contribution in [2.45, 2.75) is 25.3 Å². The summed E-state index contributed by atoms with van der Waals surface area (Å²) in [7, 11) is 0. The number of carbonyl (C=O) groups is 1. The zero-order chi connectivity index (χ0) is 19.9. The SMILES string of the molecule is O=C(OCC(c1ccccc1)n1ncnn1)N1CCC(Cc2ccccc2)CC1. The highest BCUT2D eigenvalue weighted by molar-refractivity contribution is 5.67. The normalized spacial score (nSPS) is 15.8. The lowest BCUT2D eigenvalue weighted by atomic mass is 9.90. The molecule has 29 heavy (non-hydrogen) atoms. The summed E-state index contributed by atoms with van der Waals surface area (Å²) in [4.78, 5) is 15.9. The first-order valence-electron chi connectivity index (χ1n) is 10.0. The van der Waals surface area contributed by atoms with Crippen LogP contribution in [0.3, 0.4) is 0 Å². The lowest BCUT2D eigenvalue weighted by Gasteiger charge is -2.31. The molecule has 1 aromatic heterocycles. The maximum absolute atomic E-state index is 12.6. The first-order valence-corrected chi connectivity index (χ1v) is 10.0. The fourth-order valence-corrected chi connectivity index (χ4v) is 3.80. The third-order valence-electron chi connectivity index (χ3n) is 5.43. The molecule has 0 radical (unpaired) electrons. The fraction of sp³-hybridized carbons (Fsp3) is 0.364. The quantitative estimate of drug-likeness (QED) is 0.644. The summed E-state index contributed by atoms with van der Waals surface area (Å²) in [5, 5.41) is 11.9. The molecule has 1 atom stereocenters. The molecule has 0 saturated carbocycles. The molecular formula is C22H25N5O2. The topological polar surface area (TPSA) is 73.1 Å². The number of nitrogens with zero attached hydrogens (tertiary/aromatic N) is 5. The molecule has 7 nitrogen and oxygen atoms in total. The van der Waals surface area contributed by atoms with Gasteiger partial charge in [-0.1, -0.05) is 60.7 Å². The van der Waals surface area contributed by atoms with E-state index in [0.29, 0.717) is 5.92 Å². The van der Waals surface area contributed by atoms with Crippen LogP contribution in [0.2, 0.25) is 0 Å². The number of amides is 1. The van der Waals surface area contributed by atoms with Crippen molar-refractivity contribution in [3.05, 3.63) is 78.1 Å². The van der Waals surface area contributed by atoms with E-state index in [0.717, 1.165) is 37.9 Å². The molecule has 0 N–H and O–H groups in total. The van der Waals surface area contributed by atoms with Gasteiger partial charge in [0.25, 0.3) is 0 Å². The number of rotatable bonds is 6. The molecule has 150 valence electrons. The molecule has 1 aliphatic heterocycles. The number of likely N-dealkylation sites (tertiary alicyclic amines) is 1. The summed E-state index contributed by atoms with van der Waals surface area (Å²) >= 11 is 0. The molecule has 0 bridgehead atoms. The molecule has 1 aliphatic rings. The van der Waals surface area contributed by atoms with Crippen molar-refractivity contribution in [3.63, 3.8) is 0 Å². The summed E-state index contributed by atoms with van der Waals surface area (Å²) in [6.07, 6.45) is 4.17. The number of aromatic nitrogens is 4. The van der Waals surface area contributed by atoms with Crippen molar-refractivity contribution in [2.24, 2.45) is 5.92 Å². The van der Waals surface area contributed by atoms with Crippen LogP contribution in [0.5, 0.6) is 0 Å². The van der Waals surface area contributed by atoms with Crippen LogP contribution in [-0.4, -0.2) is 50.9 Å². The van der Waals surface area contributed by atoms with Gasteiger partial charge in [-0.05, 0) is 41.5 Å². The summed E-state index contributed by atoms with van der Waals surface area (Å²) < 4.78 is 5.63. The third-order valence-corrected chi connectivity index (χ3v) is 5.43. The zero-order valence-electron chi connectivity index (χ0n) is 16.3. The van der Waals surface area contributed by atoms with Crippen molar-refractivity contribution < 1.29 is 9.53 Å². The van der Waals surface area contributed by atoms with Crippen LogP contribution in [0.4, 0.5) is 4.79 Å². The second-order valence-electron chi connectivity index (χ2n) is 7.38. The van der Waals surface area contributed by atoms with Crippen LogP contribution in [-0.2, 0) is 11.2 Å². The largest absolute Gasteiger partial charge is 0.447 e. The van der Waals surface area contributed by atoms with E-state index in [1.54, 1.807) is 4.90 Å². The number of benzene rings is 2. The van der Waals surface area contributed by atoms with Gasteiger partial charge in [-0.15, -0.1) is 10.2 Å². The molecule has 2 heterocycles. The summed E-state index contributed by atoms with van der Waals surface area (Å²) in [5.41, 5.74) is 2.33. The van der Waals surface area contributed by atoms with E-state index in [1.807, 2.05) is 36.4 Å². The maximum Gasteiger partial charge on any atom is 0.409 e. The van der Waals surface area contributed by atoms with Crippen LogP contribution in [0.25, 0.3) is 0 Å². The van der Waals surface area contributed by atoms with E-state index < -0.39 is 0 Å². The predicted molar refractivity (Wildman–Crippen MR) is 108 cm³/mol. The highest BCUT2D eigenvalue weighted by Crippen LogP contribution is 2.23. The first-order chi connectivity index (χ1) is 14.3. The van der Waals surface area contributed by atoms with Crippen molar-refractivity contribution in [1.29, 1.82) is 0 Å². The van der Waals surface area contributed by atoms with E-state index >= 15 is 0 Å². The van der Waals surface area contributed by atoms with Gasteiger partial charge in [0.15, 0.2) is 6.33 Å². The average Bonchev–Trinajstić information content (AvgIpc) is 3.30. The Balaban J connectivity index is 1.30. The Morgan fingerprint density at radius 2 is 1.72 bits per heavy atom. The van der Waals surface area contributed by atoms with Crippen molar-refractivity contribution in [3.8, 4) is 0 Å². The van der Waals surface area contributed by atoms with E-state index in [-0.39, 0.29) is 18.7 Å². The Morgan fingerprint density at radius 3 is 2.38 bits per heavy atom. The molecule has 0 spiro atoms. The van der Waals surface area contributed by atoms with Gasteiger partial charge in [0, 0.05) is 13.1 Å². The molecule has 7 heteroatoms. The second-order valence-corrected chi connectivity index (χ2v) is 7.38. The molecule has 2 aromatic carbocycles. The molecule has 0 aliphatic carbocycles. The Bertz CT molecular complexity index is 878. The number of tetrazole rings is 1. The third kappa shape index (κ3) is 4.99. The molecule has 1 fully saturated rings. The van der Waals surface area contributed by atoms with Crippen LogP contribution in [0.1, 0.15) is 30.0 Å². The molecule has 4 rings (SSSR count). The van der Waals surface area contributed by atoms with Crippen molar-refractivity contribution >= 4 is 6.09 Å². The lowest BCUT2D eigenvalue weighted by Crippen LogP contribution is -2.40. The Hall–Kier alpha value is -3.22. The maximum atomic E-state index is 12.6. The molecule has 1 unspecified atom stereocenters. The standard InChI is InChI=1S/C22H25N5O2/c28-22(26-13-11-19(12-14-26)15-18-7-3-1-4-8-18)29-16-21(27-24-17-23-25-27)20-9-5-2-6-10-20/h1-10,17,19,21H,11-16H2. The van der Waals surface area contributed by atoms with Gasteiger partial charge in [0.05, 0.1) is 0 Å². The molecular weight excluding hydrogens is 366 g/mol. The number of carbonyl (C=O) groups excluding carboxylic acids is 1. The predicted octanol–water partition coefficient (Wildman–Crippen LogP) is 3.35. The fourth-order valence-electron chi connectivity index (χ4n) is 3.80. The van der Waals surface area contributed by atoms with Gasteiger partial charge >= 0.3 is 6.09 Å². The average molecular weight is 391 g/mol. The first kappa shape index (κ1) is 19.1. The Labute approximate surface area is 170 Å². The van der Waals surface area contributed by atoms with E-state index in [2.05, 4.69) is 39.7 Å². The van der Waals surface area contributed by atoms with Crippen molar-refractivity contribution in [1.82, 2.24) is 25.1 Å². The van der Waals surface area contributed by atoms with Gasteiger partial charge in [0.2, 0.25) is 0 Å². The number of hydrogen-bond donors (Lipinski definition) is 0. The van der Waals surface area contributed by atoms with Gasteiger partial charge < -0.3 is 9.64 Å². The number of piperidine rings is 1. The van der Waals surface area contributed by atoms with Crippen LogP contribution in [0, 0.1) is 5.92 Å². The lowest BCUT2D eigenvalue weighted by molar-refractivity contribution is 0.0775. The molecule has 1 amide bonds. The van der Waals surface area contributed by atoms with Crippen LogP contribution in [0.15, 0.2) is 67.0 Å². The summed E-state index contributed by atoms with van der Waals surface area (Å²) in [6.45, 7) is 1.63. The minimum absolute atomic E-state index is 0.170. The van der Waals surface area contributed by atoms with Gasteiger partial charge in [0.1, 0.15) is 12.6 Å². The van der Waals surface area contributed by atoms with Crippen LogP contribution < -0.4 is 0 Å². The second kappa shape index (κ2) is 9.32. The van der Waals surface area contributed by atoms with Crippen molar-refractivity contribution in [2.75, 3.05) is 19.7 Å². The smallest absolute Gasteiger partial charge is 0.409 e. The summed E-state index contributed by atoms with van der Waals surface area (Å²) in [6, 6.07) is 20.0. The number of hydrogen-bond acceptors (Lipinski definition) is 5. The zero-order valence-corrected chi connectivity index (χ0v) is 16.3. The highest BCUT2D eigenvalue weighted by Gasteiger charge is 2.25. The van der Waals surface area contributed by atoms with Gasteiger partial charge in [-0.25, -0.2) is 4.79 Å². The van der Waals surface area contributed by atoms with E-state index in [9.17, 15) is 4.79 Å². The number of ether oxygens (including phenoxy) is 1. The Kier molecular flexibility index (Phi) is 6.14. The van der Waals surface area contributed by atoms with Gasteiger partial charge in [-0.3, -0.25) is 0 Å². The molecule has 3 aromatic rings. The van der Waals surface area contributed by atoms with Crippen LogP contribution >= 0.6 is 0 Å². The minimum atomic E-state index is -0.293. The monoisotopic (exact) mass is 391 g/mol. The molecule has 1 saturated heterocycles. The van der Waals surface area contributed by atoms with Gasteiger partial charge in [-0.2, -0.15) is 4.80 Å². The van der Waals surface area contributed by atoms with E-state index in [1.165, 1.54) is 16.7 Å². The highest BCUT2D eigenvalue weighted by atomic mass is 16.6. The summed E-state index contributed by atoms with van der Waals surface area (Å²) in [5.74, 6) is 0.609. The Morgan fingerprint density at radius 1 is 1.03 bits per heavy atom.